The van der Waals surface area contributed by atoms with E-state index in [1.165, 1.54) is 0 Å². The monoisotopic (exact) mass is 195 g/mol. The Labute approximate surface area is 79.0 Å². The summed E-state index contributed by atoms with van der Waals surface area (Å²) in [7, 11) is 0. The van der Waals surface area contributed by atoms with Crippen LogP contribution in [0.15, 0.2) is 34.7 Å². The molecule has 0 bridgehead atoms. The molecule has 13 heavy (non-hydrogen) atoms. The molecule has 1 aromatic carbocycles. The lowest BCUT2D eigenvalue weighted by Crippen LogP contribution is -2.22. The average Bonchev–Trinajstić information content (AvgIpc) is 2.53. The average molecular weight is 196 g/mol. The van der Waals surface area contributed by atoms with Crippen LogP contribution in [0.4, 0.5) is 10.5 Å². The fraction of sp³-hybridized carbons (Fsp3) is 0. The number of nitrogens with zero attached hydrogens (tertiary/aromatic N) is 4. The Morgan fingerprint density at radius 2 is 1.92 bits per heavy atom. The Hall–Kier alpha value is -1.62. The van der Waals surface area contributed by atoms with Crippen molar-refractivity contribution >= 4 is 23.3 Å². The van der Waals surface area contributed by atoms with Crippen molar-refractivity contribution in [1.82, 2.24) is 5.43 Å². The lowest BCUT2D eigenvalue weighted by atomic mass is 10.3. The third kappa shape index (κ3) is 1.46. The van der Waals surface area contributed by atoms with E-state index in [0.717, 1.165) is 5.01 Å². The van der Waals surface area contributed by atoms with Gasteiger partial charge < -0.3 is 0 Å². The first kappa shape index (κ1) is 8.00. The number of benzene rings is 1. The number of carbonyl (C=O) groups excluding carboxylic acids is 1. The van der Waals surface area contributed by atoms with Gasteiger partial charge in [0.05, 0.1) is 5.69 Å². The molecule has 1 aliphatic heterocycles. The van der Waals surface area contributed by atoms with Gasteiger partial charge in [0.25, 0.3) is 0 Å². The van der Waals surface area contributed by atoms with Gasteiger partial charge in [0.1, 0.15) is 0 Å². The largest absolute Gasteiger partial charge is 0.390 e. The van der Waals surface area contributed by atoms with E-state index in [1.807, 2.05) is 0 Å². The second kappa shape index (κ2) is 3.02. The summed E-state index contributed by atoms with van der Waals surface area (Å²) in [5, 5.41) is 8.45. The molecule has 0 spiro atoms. The van der Waals surface area contributed by atoms with E-state index in [4.69, 9.17) is 11.6 Å². The first-order chi connectivity index (χ1) is 6.27. The van der Waals surface area contributed by atoms with Gasteiger partial charge in [0.15, 0.2) is 0 Å². The van der Waals surface area contributed by atoms with E-state index in [0.29, 0.717) is 10.7 Å². The number of hydrogen-bond acceptors (Lipinski definition) is 3. The molecule has 1 aromatic rings. The molecule has 0 unspecified atom stereocenters. The maximum absolute atomic E-state index is 11.0. The molecule has 0 fully saturated rings. The first-order valence-electron chi connectivity index (χ1n) is 3.49. The van der Waals surface area contributed by atoms with E-state index in [1.54, 1.807) is 24.3 Å². The van der Waals surface area contributed by atoms with Crippen LogP contribution in [0, 0.1) is 0 Å². The number of halogens is 1. The quantitative estimate of drug-likeness (QED) is 0.678. The van der Waals surface area contributed by atoms with Gasteiger partial charge in [-0.05, 0) is 34.7 Å². The van der Waals surface area contributed by atoms with Crippen LogP contribution in [0.5, 0.6) is 0 Å². The Morgan fingerprint density at radius 1 is 1.23 bits per heavy atom. The first-order valence-corrected chi connectivity index (χ1v) is 3.86. The summed E-state index contributed by atoms with van der Waals surface area (Å²) < 4.78 is 0. The summed E-state index contributed by atoms with van der Waals surface area (Å²) in [4.78, 5) is 11.0. The summed E-state index contributed by atoms with van der Waals surface area (Å²) >= 11 is 5.67. The maximum atomic E-state index is 11.0. The highest BCUT2D eigenvalue weighted by atomic mass is 35.5. The summed E-state index contributed by atoms with van der Waals surface area (Å²) in [6.45, 7) is 0. The topological polar surface area (TPSA) is 59.1 Å². The van der Waals surface area contributed by atoms with Crippen molar-refractivity contribution in [2.75, 3.05) is 5.01 Å². The zero-order valence-electron chi connectivity index (χ0n) is 6.38. The standard InChI is InChI=1S/C7H4ClN4O/c8-5-1-3-6(4-2-5)12-7(13)9-10-11-12/h1-4H. The van der Waals surface area contributed by atoms with E-state index < -0.39 is 6.03 Å². The second-order valence-corrected chi connectivity index (χ2v) is 2.79. The molecule has 0 N–H and O–H groups in total. The minimum absolute atomic E-state index is 0.498. The Kier molecular flexibility index (Phi) is 1.86. The minimum Gasteiger partial charge on any atom is -0.242 e. The number of urea groups is 1. The molecule has 0 saturated carbocycles. The van der Waals surface area contributed by atoms with Gasteiger partial charge in [-0.15, -0.1) is 0 Å². The third-order valence-corrected chi connectivity index (χ3v) is 1.76. The molecule has 0 atom stereocenters. The van der Waals surface area contributed by atoms with E-state index in [-0.39, 0.29) is 0 Å². The normalized spacial score (nSPS) is 14.8. The molecule has 2 rings (SSSR count). The van der Waals surface area contributed by atoms with Crippen LogP contribution in [0.2, 0.25) is 5.02 Å². The lowest BCUT2D eigenvalue weighted by Gasteiger charge is -2.06. The highest BCUT2D eigenvalue weighted by Crippen LogP contribution is 2.20. The summed E-state index contributed by atoms with van der Waals surface area (Å²) in [6, 6.07) is 6.17. The molecular weight excluding hydrogens is 192 g/mol. The van der Waals surface area contributed by atoms with Crippen molar-refractivity contribution in [3.05, 3.63) is 29.3 Å². The fourth-order valence-corrected chi connectivity index (χ4v) is 1.05. The van der Waals surface area contributed by atoms with Gasteiger partial charge in [-0.1, -0.05) is 17.0 Å². The van der Waals surface area contributed by atoms with E-state index >= 15 is 0 Å². The zero-order valence-corrected chi connectivity index (χ0v) is 7.14. The number of carbonyl (C=O) groups is 1. The molecule has 2 amide bonds. The molecule has 1 heterocycles. The van der Waals surface area contributed by atoms with Crippen molar-refractivity contribution in [1.29, 1.82) is 0 Å². The molecule has 0 saturated heterocycles. The molecule has 0 aliphatic carbocycles. The van der Waals surface area contributed by atoms with Crippen molar-refractivity contribution in [2.24, 2.45) is 10.4 Å². The highest BCUT2D eigenvalue weighted by Gasteiger charge is 2.21. The van der Waals surface area contributed by atoms with E-state index in [9.17, 15) is 4.79 Å². The molecule has 65 valence electrons. The van der Waals surface area contributed by atoms with Crippen LogP contribution in [0.1, 0.15) is 0 Å². The predicted molar refractivity (Wildman–Crippen MR) is 46.3 cm³/mol. The maximum Gasteiger partial charge on any atom is 0.390 e. The van der Waals surface area contributed by atoms with Gasteiger partial charge in [-0.3, -0.25) is 0 Å². The van der Waals surface area contributed by atoms with Gasteiger partial charge in [-0.2, -0.15) is 5.01 Å². The predicted octanol–water partition coefficient (Wildman–Crippen LogP) is 2.17. The third-order valence-electron chi connectivity index (χ3n) is 1.51. The SMILES string of the molecule is O=C1[N]N=NN1c1ccc(Cl)cc1. The van der Waals surface area contributed by atoms with Crippen molar-refractivity contribution in [2.45, 2.75) is 0 Å². The number of anilines is 1. The van der Waals surface area contributed by atoms with Crippen LogP contribution in [0.25, 0.3) is 0 Å². The minimum atomic E-state index is -0.498. The molecule has 1 radical (unpaired) electrons. The van der Waals surface area contributed by atoms with Gasteiger partial charge in [0.2, 0.25) is 0 Å². The van der Waals surface area contributed by atoms with Crippen LogP contribution in [0.3, 0.4) is 0 Å². The van der Waals surface area contributed by atoms with Crippen LogP contribution < -0.4 is 10.4 Å². The molecular formula is C7H4ClN4O. The second-order valence-electron chi connectivity index (χ2n) is 2.35. The number of amides is 2. The highest BCUT2D eigenvalue weighted by molar-refractivity contribution is 6.30. The Balaban J connectivity index is 2.30. The van der Waals surface area contributed by atoms with Crippen LogP contribution >= 0.6 is 11.6 Å². The van der Waals surface area contributed by atoms with Crippen LogP contribution in [-0.2, 0) is 0 Å². The Morgan fingerprint density at radius 3 is 2.46 bits per heavy atom. The van der Waals surface area contributed by atoms with Crippen molar-refractivity contribution < 1.29 is 4.79 Å². The van der Waals surface area contributed by atoms with Gasteiger partial charge in [-0.25, -0.2) is 4.79 Å². The molecule has 5 nitrogen and oxygen atoms in total. The number of rotatable bonds is 1. The summed E-state index contributed by atoms with van der Waals surface area (Å²) in [5.74, 6) is 0. The molecule has 1 aliphatic rings. The Bertz CT molecular complexity index is 361. The van der Waals surface area contributed by atoms with Crippen LogP contribution in [-0.4, -0.2) is 6.03 Å². The molecule has 0 aromatic heterocycles. The smallest absolute Gasteiger partial charge is 0.242 e. The van der Waals surface area contributed by atoms with E-state index in [2.05, 4.69) is 15.9 Å². The summed E-state index contributed by atoms with van der Waals surface area (Å²) in [5.41, 5.74) is 3.83. The molecule has 6 heteroatoms. The van der Waals surface area contributed by atoms with Gasteiger partial charge >= 0.3 is 6.03 Å². The summed E-state index contributed by atoms with van der Waals surface area (Å²) in [6.07, 6.45) is 0. The fourth-order valence-electron chi connectivity index (χ4n) is 0.923. The lowest BCUT2D eigenvalue weighted by molar-refractivity contribution is 0.250. The van der Waals surface area contributed by atoms with Crippen molar-refractivity contribution in [3.63, 3.8) is 0 Å². The van der Waals surface area contributed by atoms with Crippen molar-refractivity contribution in [3.8, 4) is 0 Å². The zero-order chi connectivity index (χ0) is 9.26. The number of hydrogen-bond donors (Lipinski definition) is 0. The van der Waals surface area contributed by atoms with Gasteiger partial charge in [0, 0.05) is 5.02 Å².